The van der Waals surface area contributed by atoms with Gasteiger partial charge in [0.1, 0.15) is 5.60 Å². The summed E-state index contributed by atoms with van der Waals surface area (Å²) in [5.41, 5.74) is 0.0550. The molecule has 0 radical (unpaired) electrons. The summed E-state index contributed by atoms with van der Waals surface area (Å²) < 4.78 is 2.60. The molecule has 0 saturated carbocycles. The Hall–Kier alpha value is -0.350. The van der Waals surface area contributed by atoms with Gasteiger partial charge in [-0.05, 0) is 28.3 Å². The predicted molar refractivity (Wildman–Crippen MR) is 59.9 cm³/mol. The van der Waals surface area contributed by atoms with E-state index in [1.54, 1.807) is 10.9 Å². The van der Waals surface area contributed by atoms with Crippen LogP contribution in [0.5, 0.6) is 0 Å². The average molecular weight is 261 g/mol. The molecule has 1 heterocycles. The third kappa shape index (κ3) is 1.73. The number of aliphatic hydroxyl groups is 1. The molecule has 0 spiro atoms. The van der Waals surface area contributed by atoms with Gasteiger partial charge in [0.05, 0.1) is 16.4 Å². The quantitative estimate of drug-likeness (QED) is 0.907. The van der Waals surface area contributed by atoms with Gasteiger partial charge in [-0.3, -0.25) is 4.68 Å². The fraction of sp³-hybridized carbons (Fsp3) is 0.700. The number of hydrogen-bond acceptors (Lipinski definition) is 2. The molecule has 1 aromatic rings. The Bertz CT molecular complexity index is 302. The van der Waals surface area contributed by atoms with Gasteiger partial charge >= 0.3 is 0 Å². The highest BCUT2D eigenvalue weighted by molar-refractivity contribution is 9.10. The van der Waals surface area contributed by atoms with Crippen molar-refractivity contribution in [3.63, 3.8) is 0 Å². The van der Waals surface area contributed by atoms with E-state index in [9.17, 15) is 5.11 Å². The van der Waals surface area contributed by atoms with Crippen molar-refractivity contribution < 1.29 is 5.11 Å². The largest absolute Gasteiger partial charge is 0.383 e. The topological polar surface area (TPSA) is 38.1 Å². The maximum absolute atomic E-state index is 10.5. The van der Waals surface area contributed by atoms with Gasteiger partial charge in [0, 0.05) is 7.05 Å². The number of rotatable bonds is 3. The number of halogens is 1. The van der Waals surface area contributed by atoms with Gasteiger partial charge < -0.3 is 5.11 Å². The Morgan fingerprint density at radius 3 is 2.50 bits per heavy atom. The van der Waals surface area contributed by atoms with Crippen molar-refractivity contribution in [3.8, 4) is 0 Å². The summed E-state index contributed by atoms with van der Waals surface area (Å²) in [4.78, 5) is 0. The molecular weight excluding hydrogens is 244 g/mol. The van der Waals surface area contributed by atoms with E-state index in [0.29, 0.717) is 6.42 Å². The average Bonchev–Trinajstić information content (AvgIpc) is 2.45. The van der Waals surface area contributed by atoms with Gasteiger partial charge in [0.15, 0.2) is 0 Å². The monoisotopic (exact) mass is 260 g/mol. The molecule has 14 heavy (non-hydrogen) atoms. The molecule has 3 nitrogen and oxygen atoms in total. The third-order valence-electron chi connectivity index (χ3n) is 2.80. The molecule has 1 atom stereocenters. The van der Waals surface area contributed by atoms with Crippen LogP contribution in [-0.4, -0.2) is 14.9 Å². The molecule has 1 N–H and O–H groups in total. The smallest absolute Gasteiger partial charge is 0.109 e. The van der Waals surface area contributed by atoms with Crippen LogP contribution in [0.4, 0.5) is 0 Å². The van der Waals surface area contributed by atoms with E-state index in [0.717, 1.165) is 10.2 Å². The number of aromatic nitrogens is 2. The van der Waals surface area contributed by atoms with Gasteiger partial charge in [0.25, 0.3) is 0 Å². The minimum Gasteiger partial charge on any atom is -0.383 e. The molecule has 1 aromatic heterocycles. The highest BCUT2D eigenvalue weighted by Gasteiger charge is 2.35. The number of nitrogens with zero attached hydrogens (tertiary/aromatic N) is 2. The highest BCUT2D eigenvalue weighted by atomic mass is 79.9. The van der Waals surface area contributed by atoms with Crippen LogP contribution in [0, 0.1) is 5.92 Å². The van der Waals surface area contributed by atoms with E-state index in [2.05, 4.69) is 21.0 Å². The zero-order chi connectivity index (χ0) is 10.9. The van der Waals surface area contributed by atoms with Crippen molar-refractivity contribution >= 4 is 15.9 Å². The van der Waals surface area contributed by atoms with Crippen LogP contribution >= 0.6 is 15.9 Å². The van der Waals surface area contributed by atoms with Crippen molar-refractivity contribution in [1.82, 2.24) is 9.78 Å². The summed E-state index contributed by atoms with van der Waals surface area (Å²) in [7, 11) is 1.85. The summed E-state index contributed by atoms with van der Waals surface area (Å²) in [6.45, 7) is 6.02. The molecule has 80 valence electrons. The standard InChI is InChI=1S/C10H17BrN2O/c1-5-10(14,7(2)3)9-8(11)6-12-13(9)4/h6-7,14H,5H2,1-4H3. The molecule has 0 fully saturated rings. The molecule has 0 bridgehead atoms. The number of hydrogen-bond donors (Lipinski definition) is 1. The van der Waals surface area contributed by atoms with Gasteiger partial charge in [0.2, 0.25) is 0 Å². The first-order valence-corrected chi connectivity index (χ1v) is 5.63. The summed E-state index contributed by atoms with van der Waals surface area (Å²) in [5, 5.41) is 14.7. The van der Waals surface area contributed by atoms with Gasteiger partial charge in [-0.15, -0.1) is 0 Å². The van der Waals surface area contributed by atoms with E-state index in [4.69, 9.17) is 0 Å². The maximum Gasteiger partial charge on any atom is 0.109 e. The first kappa shape index (κ1) is 11.7. The Morgan fingerprint density at radius 1 is 1.64 bits per heavy atom. The van der Waals surface area contributed by atoms with Crippen LogP contribution in [0.1, 0.15) is 32.9 Å². The fourth-order valence-corrected chi connectivity index (χ4v) is 2.44. The molecular formula is C10H17BrN2O. The Balaban J connectivity index is 3.25. The number of aryl methyl sites for hydroxylation is 1. The molecule has 0 aromatic carbocycles. The van der Waals surface area contributed by atoms with Gasteiger partial charge in [-0.1, -0.05) is 20.8 Å². The van der Waals surface area contributed by atoms with Crippen LogP contribution in [-0.2, 0) is 12.6 Å². The highest BCUT2D eigenvalue weighted by Crippen LogP contribution is 2.36. The van der Waals surface area contributed by atoms with E-state index in [-0.39, 0.29) is 5.92 Å². The van der Waals surface area contributed by atoms with Crippen molar-refractivity contribution in [2.75, 3.05) is 0 Å². The molecule has 1 unspecified atom stereocenters. The maximum atomic E-state index is 10.5. The van der Waals surface area contributed by atoms with Gasteiger partial charge in [-0.25, -0.2) is 0 Å². The summed E-state index contributed by atoms with van der Waals surface area (Å²) in [6.07, 6.45) is 2.40. The molecule has 0 aliphatic heterocycles. The predicted octanol–water partition coefficient (Wildman–Crippen LogP) is 2.44. The summed E-state index contributed by atoms with van der Waals surface area (Å²) in [6, 6.07) is 0. The Morgan fingerprint density at radius 2 is 2.21 bits per heavy atom. The molecule has 0 saturated heterocycles. The SMILES string of the molecule is CCC(O)(c1c(Br)cnn1C)C(C)C. The summed E-state index contributed by atoms with van der Waals surface area (Å²) in [5.74, 6) is 0.166. The molecule has 0 aliphatic carbocycles. The van der Waals surface area contributed by atoms with Crippen molar-refractivity contribution in [1.29, 1.82) is 0 Å². The molecule has 1 rings (SSSR count). The van der Waals surface area contributed by atoms with Crippen LogP contribution in [0.3, 0.4) is 0 Å². The van der Waals surface area contributed by atoms with Crippen molar-refractivity contribution in [2.24, 2.45) is 13.0 Å². The molecule has 4 heteroatoms. The lowest BCUT2D eigenvalue weighted by Crippen LogP contribution is -2.33. The van der Waals surface area contributed by atoms with Crippen LogP contribution < -0.4 is 0 Å². The van der Waals surface area contributed by atoms with Crippen molar-refractivity contribution in [3.05, 3.63) is 16.4 Å². The second-order valence-corrected chi connectivity index (χ2v) is 4.75. The third-order valence-corrected chi connectivity index (χ3v) is 3.38. The lowest BCUT2D eigenvalue weighted by Gasteiger charge is -2.31. The molecule has 0 aliphatic rings. The van der Waals surface area contributed by atoms with E-state index < -0.39 is 5.60 Å². The Labute approximate surface area is 93.3 Å². The second kappa shape index (κ2) is 4.03. The van der Waals surface area contributed by atoms with E-state index in [1.807, 2.05) is 27.8 Å². The fourth-order valence-electron chi connectivity index (χ4n) is 1.75. The van der Waals surface area contributed by atoms with Crippen LogP contribution in [0.25, 0.3) is 0 Å². The minimum atomic E-state index is -0.802. The van der Waals surface area contributed by atoms with E-state index >= 15 is 0 Å². The normalized spacial score (nSPS) is 15.9. The minimum absolute atomic E-state index is 0.166. The lowest BCUT2D eigenvalue weighted by atomic mass is 9.84. The van der Waals surface area contributed by atoms with Crippen LogP contribution in [0.2, 0.25) is 0 Å². The zero-order valence-corrected chi connectivity index (χ0v) is 10.7. The second-order valence-electron chi connectivity index (χ2n) is 3.90. The summed E-state index contributed by atoms with van der Waals surface area (Å²) >= 11 is 3.42. The van der Waals surface area contributed by atoms with E-state index in [1.165, 1.54) is 0 Å². The molecule has 0 amide bonds. The van der Waals surface area contributed by atoms with Crippen LogP contribution in [0.15, 0.2) is 10.7 Å². The first-order chi connectivity index (χ1) is 6.43. The lowest BCUT2D eigenvalue weighted by molar-refractivity contribution is -0.0219. The Kier molecular flexibility index (Phi) is 3.37. The van der Waals surface area contributed by atoms with Crippen molar-refractivity contribution in [2.45, 2.75) is 32.8 Å². The van der Waals surface area contributed by atoms with Gasteiger partial charge in [-0.2, -0.15) is 5.10 Å². The zero-order valence-electron chi connectivity index (χ0n) is 9.08. The first-order valence-electron chi connectivity index (χ1n) is 4.83.